The largest absolute Gasteiger partial charge is 0.496 e. The molecule has 0 spiro atoms. The van der Waals surface area contributed by atoms with E-state index in [4.69, 9.17) is 9.84 Å². The molecule has 0 fully saturated rings. The topological polar surface area (TPSA) is 75.6 Å². The Balaban J connectivity index is 3.10. The van der Waals surface area contributed by atoms with Gasteiger partial charge in [-0.2, -0.15) is 0 Å². The van der Waals surface area contributed by atoms with Crippen molar-refractivity contribution in [2.24, 2.45) is 0 Å². The molecule has 18 heavy (non-hydrogen) atoms. The summed E-state index contributed by atoms with van der Waals surface area (Å²) in [5, 5.41) is 11.4. The number of carbonyl (C=O) groups is 2. The van der Waals surface area contributed by atoms with Crippen LogP contribution in [0.3, 0.4) is 0 Å². The number of aliphatic carboxylic acids is 1. The molecule has 2 N–H and O–H groups in total. The fraction of sp³-hybridized carbons (Fsp3) is 0.385. The van der Waals surface area contributed by atoms with Gasteiger partial charge < -0.3 is 15.2 Å². The average molecular weight is 251 g/mol. The summed E-state index contributed by atoms with van der Waals surface area (Å²) >= 11 is 0. The smallest absolute Gasteiger partial charge is 0.328 e. The van der Waals surface area contributed by atoms with E-state index in [1.807, 2.05) is 6.92 Å². The first-order valence-corrected chi connectivity index (χ1v) is 5.66. The Hall–Kier alpha value is -1.88. The Morgan fingerprint density at radius 3 is 2.56 bits per heavy atom. The van der Waals surface area contributed by atoms with Crippen LogP contribution in [-0.2, 0) is 11.2 Å². The van der Waals surface area contributed by atoms with Gasteiger partial charge in [0.2, 0.25) is 0 Å². The van der Waals surface area contributed by atoms with E-state index in [1.165, 1.54) is 7.05 Å². The maximum Gasteiger partial charge on any atom is 0.328 e. The van der Waals surface area contributed by atoms with Gasteiger partial charge in [-0.1, -0.05) is 6.92 Å². The minimum Gasteiger partial charge on any atom is -0.496 e. The van der Waals surface area contributed by atoms with Gasteiger partial charge in [0.15, 0.2) is 11.8 Å². The molecule has 98 valence electrons. The Kier molecular flexibility index (Phi) is 4.85. The van der Waals surface area contributed by atoms with Crippen molar-refractivity contribution in [1.29, 1.82) is 0 Å². The third-order valence-electron chi connectivity index (χ3n) is 2.74. The van der Waals surface area contributed by atoms with Crippen LogP contribution in [0.15, 0.2) is 18.2 Å². The van der Waals surface area contributed by atoms with Crippen molar-refractivity contribution in [1.82, 2.24) is 5.32 Å². The van der Waals surface area contributed by atoms with Gasteiger partial charge in [-0.3, -0.25) is 9.59 Å². The van der Waals surface area contributed by atoms with E-state index in [1.54, 1.807) is 25.3 Å². The van der Waals surface area contributed by atoms with Gasteiger partial charge in [0, 0.05) is 5.56 Å². The lowest BCUT2D eigenvalue weighted by Gasteiger charge is -2.12. The number of likely N-dealkylation sites (N-methyl/N-ethyl adjacent to an activating group) is 1. The zero-order valence-corrected chi connectivity index (χ0v) is 10.7. The molecular weight excluding hydrogens is 234 g/mol. The van der Waals surface area contributed by atoms with E-state index in [-0.39, 0.29) is 0 Å². The third-order valence-corrected chi connectivity index (χ3v) is 2.74. The van der Waals surface area contributed by atoms with E-state index in [0.717, 1.165) is 5.56 Å². The number of methoxy groups -OCH3 is 1. The molecule has 1 rings (SSSR count). The van der Waals surface area contributed by atoms with E-state index >= 15 is 0 Å². The lowest BCUT2D eigenvalue weighted by atomic mass is 10.0. The van der Waals surface area contributed by atoms with Crippen molar-refractivity contribution in [2.75, 3.05) is 14.2 Å². The molecule has 1 aromatic carbocycles. The number of Topliss-reactive ketones (excluding diaryl/α,β-unsaturated/α-hetero) is 1. The number of aryl methyl sites for hydroxylation is 1. The molecule has 0 aliphatic heterocycles. The molecule has 1 atom stereocenters. The second-order valence-corrected chi connectivity index (χ2v) is 3.80. The van der Waals surface area contributed by atoms with E-state index < -0.39 is 17.8 Å². The fourth-order valence-electron chi connectivity index (χ4n) is 1.74. The van der Waals surface area contributed by atoms with Crippen molar-refractivity contribution in [2.45, 2.75) is 19.4 Å². The van der Waals surface area contributed by atoms with Crippen molar-refractivity contribution in [3.05, 3.63) is 29.3 Å². The molecule has 0 amide bonds. The number of nitrogens with one attached hydrogen (secondary N) is 1. The van der Waals surface area contributed by atoms with E-state index in [9.17, 15) is 9.59 Å². The molecule has 0 aliphatic rings. The number of rotatable bonds is 6. The molecule has 0 heterocycles. The lowest BCUT2D eigenvalue weighted by Crippen LogP contribution is -2.41. The van der Waals surface area contributed by atoms with Gasteiger partial charge in [-0.05, 0) is 37.2 Å². The Morgan fingerprint density at radius 1 is 1.44 bits per heavy atom. The summed E-state index contributed by atoms with van der Waals surface area (Å²) in [5.74, 6) is -0.941. The monoisotopic (exact) mass is 251 g/mol. The summed E-state index contributed by atoms with van der Waals surface area (Å²) in [5.41, 5.74) is 1.25. The predicted octanol–water partition coefficient (Wildman–Crippen LogP) is 1.11. The molecular formula is C13H17NO4. The van der Waals surface area contributed by atoms with Gasteiger partial charge in [-0.15, -0.1) is 0 Å². The van der Waals surface area contributed by atoms with Crippen molar-refractivity contribution in [3.8, 4) is 5.75 Å². The number of hydrogen-bond donors (Lipinski definition) is 2. The number of ketones is 1. The fourth-order valence-corrected chi connectivity index (χ4v) is 1.74. The standard InChI is InChI=1S/C13H17NO4/c1-4-8-7-9(5-6-10(8)18-3)12(15)11(14-2)13(16)17/h5-7,11,14H,4H2,1-3H3,(H,16,17). The number of hydrogen-bond acceptors (Lipinski definition) is 4. The van der Waals surface area contributed by atoms with Crippen LogP contribution in [0.5, 0.6) is 5.75 Å². The summed E-state index contributed by atoms with van der Waals surface area (Å²) in [6, 6.07) is 3.71. The van der Waals surface area contributed by atoms with Gasteiger partial charge >= 0.3 is 5.97 Å². The maximum absolute atomic E-state index is 12.0. The van der Waals surface area contributed by atoms with Crippen molar-refractivity contribution >= 4 is 11.8 Å². The molecule has 0 radical (unpaired) electrons. The van der Waals surface area contributed by atoms with Crippen LogP contribution in [0, 0.1) is 0 Å². The van der Waals surface area contributed by atoms with Crippen LogP contribution in [0.1, 0.15) is 22.8 Å². The Bertz CT molecular complexity index is 456. The molecule has 1 unspecified atom stereocenters. The number of ether oxygens (including phenoxy) is 1. The highest BCUT2D eigenvalue weighted by Gasteiger charge is 2.25. The lowest BCUT2D eigenvalue weighted by molar-refractivity contribution is -0.137. The number of carboxylic acids is 1. The Labute approximate surface area is 106 Å². The normalized spacial score (nSPS) is 11.9. The number of benzene rings is 1. The minimum absolute atomic E-state index is 0.370. The van der Waals surface area contributed by atoms with Crippen molar-refractivity contribution < 1.29 is 19.4 Å². The maximum atomic E-state index is 12.0. The van der Waals surface area contributed by atoms with Crippen LogP contribution in [0.25, 0.3) is 0 Å². The van der Waals surface area contributed by atoms with Gasteiger partial charge in [0.1, 0.15) is 5.75 Å². The quantitative estimate of drug-likeness (QED) is 0.585. The molecule has 1 aromatic rings. The minimum atomic E-state index is -1.22. The van der Waals surface area contributed by atoms with Gasteiger partial charge in [0.25, 0.3) is 0 Å². The summed E-state index contributed by atoms with van der Waals surface area (Å²) in [7, 11) is 3.00. The zero-order chi connectivity index (χ0) is 13.7. The second kappa shape index (κ2) is 6.16. The van der Waals surface area contributed by atoms with Crippen molar-refractivity contribution in [3.63, 3.8) is 0 Å². The summed E-state index contributed by atoms with van der Waals surface area (Å²) < 4.78 is 5.16. The van der Waals surface area contributed by atoms with Crippen LogP contribution < -0.4 is 10.1 Å². The first-order chi connectivity index (χ1) is 8.54. The first-order valence-electron chi connectivity index (χ1n) is 5.66. The molecule has 5 nitrogen and oxygen atoms in total. The van der Waals surface area contributed by atoms with Gasteiger partial charge in [-0.25, -0.2) is 0 Å². The van der Waals surface area contributed by atoms with Gasteiger partial charge in [0.05, 0.1) is 7.11 Å². The predicted molar refractivity (Wildman–Crippen MR) is 67.2 cm³/mol. The zero-order valence-electron chi connectivity index (χ0n) is 10.7. The number of carbonyl (C=O) groups excluding carboxylic acids is 1. The molecule has 0 saturated heterocycles. The summed E-state index contributed by atoms with van der Waals surface area (Å²) in [6.07, 6.45) is 0.710. The first kappa shape index (κ1) is 14.2. The average Bonchev–Trinajstić information content (AvgIpc) is 2.38. The van der Waals surface area contributed by atoms with Crippen LogP contribution in [-0.4, -0.2) is 37.1 Å². The summed E-state index contributed by atoms with van der Waals surface area (Å²) in [6.45, 7) is 1.94. The SMILES string of the molecule is CCc1cc(C(=O)C(NC)C(=O)O)ccc1OC. The van der Waals surface area contributed by atoms with Crippen LogP contribution in [0.2, 0.25) is 0 Å². The van der Waals surface area contributed by atoms with Crippen LogP contribution in [0.4, 0.5) is 0 Å². The molecule has 0 bridgehead atoms. The highest BCUT2D eigenvalue weighted by atomic mass is 16.5. The van der Waals surface area contributed by atoms with E-state index in [0.29, 0.717) is 17.7 Å². The highest BCUT2D eigenvalue weighted by Crippen LogP contribution is 2.21. The van der Waals surface area contributed by atoms with E-state index in [2.05, 4.69) is 5.32 Å². The third kappa shape index (κ3) is 2.87. The highest BCUT2D eigenvalue weighted by molar-refractivity contribution is 6.11. The molecule has 0 aromatic heterocycles. The number of carboxylic acid groups (broad SMARTS) is 1. The van der Waals surface area contributed by atoms with Crippen LogP contribution >= 0.6 is 0 Å². The molecule has 5 heteroatoms. The molecule has 0 aliphatic carbocycles. The second-order valence-electron chi connectivity index (χ2n) is 3.80. The summed E-state index contributed by atoms with van der Waals surface area (Å²) in [4.78, 5) is 22.9. The molecule has 0 saturated carbocycles. The Morgan fingerprint density at radius 2 is 2.11 bits per heavy atom.